The van der Waals surface area contributed by atoms with Crippen LogP contribution in [0.1, 0.15) is 76.0 Å². The number of ketones is 2. The van der Waals surface area contributed by atoms with Gasteiger partial charge in [0.05, 0.1) is 137 Å². The summed E-state index contributed by atoms with van der Waals surface area (Å²) in [4.78, 5) is 63.7. The van der Waals surface area contributed by atoms with Gasteiger partial charge in [-0.15, -0.1) is 33.4 Å². The van der Waals surface area contributed by atoms with Gasteiger partial charge >= 0.3 is 0 Å². The van der Waals surface area contributed by atoms with Gasteiger partial charge < -0.3 is 78.3 Å². The van der Waals surface area contributed by atoms with E-state index in [9.17, 15) is 29.4 Å². The maximum absolute atomic E-state index is 13.9. The number of phenols is 2. The molecular weight excluding hydrogens is 1320 g/mol. The van der Waals surface area contributed by atoms with Gasteiger partial charge in [0.15, 0.2) is 11.6 Å². The Morgan fingerprint density at radius 2 is 0.929 bits per heavy atom. The molecule has 10 aromatic rings. The Labute approximate surface area is 579 Å². The van der Waals surface area contributed by atoms with E-state index in [-0.39, 0.29) is 70.9 Å². The summed E-state index contributed by atoms with van der Waals surface area (Å²) in [7, 11) is 4.79. The molecule has 2 amide bonds. The molecule has 6 aromatic carbocycles. The molecule has 6 heterocycles. The van der Waals surface area contributed by atoms with Crippen LogP contribution < -0.4 is 25.0 Å². The van der Waals surface area contributed by atoms with Crippen LogP contribution in [0.15, 0.2) is 109 Å². The topological polar surface area (TPSA) is 317 Å². The van der Waals surface area contributed by atoms with Crippen molar-refractivity contribution in [2.75, 3.05) is 148 Å². The lowest BCUT2D eigenvalue weighted by molar-refractivity contribution is 0.00244. The van der Waals surface area contributed by atoms with Crippen molar-refractivity contribution in [3.05, 3.63) is 154 Å². The van der Waals surface area contributed by atoms with Gasteiger partial charge in [-0.2, -0.15) is 0 Å². The number of methoxy groups -OCH3 is 3. The molecule has 522 valence electrons. The van der Waals surface area contributed by atoms with Gasteiger partial charge in [-0.3, -0.25) is 19.2 Å². The fourth-order valence-corrected chi connectivity index (χ4v) is 12.8. The first-order valence-corrected chi connectivity index (χ1v) is 33.6. The van der Waals surface area contributed by atoms with Gasteiger partial charge in [0, 0.05) is 119 Å². The smallest absolute Gasteiger partial charge is 0.274 e. The number of amides is 2. The number of benzene rings is 6. The number of Topliss-reactive ketones (excluding diaryl/α,β-unsaturated/α-hetero) is 2. The highest BCUT2D eigenvalue weighted by Gasteiger charge is 2.38. The van der Waals surface area contributed by atoms with Gasteiger partial charge in [0.1, 0.15) is 45.8 Å². The van der Waals surface area contributed by atoms with Gasteiger partial charge in [0.2, 0.25) is 0 Å². The number of nitrogens with zero attached hydrogens (tertiary/aromatic N) is 8. The Morgan fingerprint density at radius 1 is 0.525 bits per heavy atom. The zero-order valence-corrected chi connectivity index (χ0v) is 56.7. The van der Waals surface area contributed by atoms with E-state index in [4.69, 9.17) is 71.6 Å². The van der Waals surface area contributed by atoms with E-state index in [1.807, 2.05) is 72.8 Å². The van der Waals surface area contributed by atoms with E-state index in [2.05, 4.69) is 30.6 Å². The number of hydrogen-bond donors (Lipinski definition) is 5. The quantitative estimate of drug-likeness (QED) is 0.0141. The number of hydrogen-bond acceptors (Lipinski definition) is 20. The second-order valence-corrected chi connectivity index (χ2v) is 24.2. The molecule has 0 saturated carbocycles. The number of aromatic hydroxyl groups is 2. The molecule has 6 N–H and O–H groups in total. The third-order valence-corrected chi connectivity index (χ3v) is 17.8. The monoisotopic (exact) mass is 1400 g/mol. The number of alkyl halides is 2. The lowest BCUT2D eigenvalue weighted by Gasteiger charge is -2.18. The minimum Gasteiger partial charge on any atom is -0.507 e. The molecule has 0 spiro atoms. The van der Waals surface area contributed by atoms with E-state index in [0.29, 0.717) is 175 Å². The second kappa shape index (κ2) is 34.1. The normalized spacial score (nSPS) is 14.2. The van der Waals surface area contributed by atoms with Crippen LogP contribution in [-0.4, -0.2) is 212 Å². The molecule has 2 aliphatic heterocycles. The van der Waals surface area contributed by atoms with Crippen molar-refractivity contribution in [2.24, 2.45) is 5.73 Å². The molecule has 0 unspecified atom stereocenters. The van der Waals surface area contributed by atoms with E-state index >= 15 is 0 Å². The van der Waals surface area contributed by atoms with Crippen LogP contribution in [0.4, 0.5) is 11.4 Å². The lowest BCUT2D eigenvalue weighted by atomic mass is 9.94. The molecule has 0 aliphatic carbocycles. The highest BCUT2D eigenvalue weighted by atomic mass is 35.5. The first kappa shape index (κ1) is 71.2. The average molecular weight is 1400 g/mol. The number of carbonyl (C=O) groups excluding carboxylic acids is 4. The first-order valence-electron chi connectivity index (χ1n) is 32.5. The highest BCUT2D eigenvalue weighted by molar-refractivity contribution is 6.20. The number of aromatic amines is 2. The van der Waals surface area contributed by atoms with Crippen LogP contribution in [-0.2, 0) is 59.1 Å². The first-order chi connectivity index (χ1) is 48.3. The molecule has 2 aliphatic rings. The lowest BCUT2D eigenvalue weighted by Crippen LogP contribution is -2.30. The summed E-state index contributed by atoms with van der Waals surface area (Å²) in [5.41, 5.74) is 12.7. The molecular formula is C71H79Cl2N11O15. The summed E-state index contributed by atoms with van der Waals surface area (Å²) in [6, 6.07) is 28.9. The number of nitrogens with two attached hydrogens (primary N) is 1. The van der Waals surface area contributed by atoms with Gasteiger partial charge in [-0.25, -0.2) is 9.36 Å². The van der Waals surface area contributed by atoms with Gasteiger partial charge in [0.25, 0.3) is 11.8 Å². The number of halogens is 2. The molecule has 28 heteroatoms. The Hall–Kier alpha value is -9.06. The van der Waals surface area contributed by atoms with Gasteiger partial charge in [-0.1, -0.05) is 46.8 Å². The minimum absolute atomic E-state index is 0.0576. The van der Waals surface area contributed by atoms with Crippen LogP contribution >= 0.6 is 23.2 Å². The molecule has 26 nitrogen and oxygen atoms in total. The summed E-state index contributed by atoms with van der Waals surface area (Å²) in [6.45, 7) is 8.25. The molecule has 2 atom stereocenters. The average Bonchev–Trinajstić information content (AvgIpc) is 1.61. The van der Waals surface area contributed by atoms with Crippen molar-refractivity contribution in [3.63, 3.8) is 0 Å². The zero-order chi connectivity index (χ0) is 69.4. The molecule has 0 saturated heterocycles. The van der Waals surface area contributed by atoms with Crippen LogP contribution in [0, 0.1) is 0 Å². The largest absolute Gasteiger partial charge is 0.507 e. The fourth-order valence-electron chi connectivity index (χ4n) is 12.3. The van der Waals surface area contributed by atoms with E-state index in [1.54, 1.807) is 77.2 Å². The SMILES string of the molecule is COCCOCCOCCOCCn1cc(C(=O)Cc2ccc3[nH]c(C(=O)N4C[C@@H](CCl)c5c4cc(O)c4cccc(OC)c54)cc3c2)nn1.COc1cccc2c(O)cc3c(c12)[C@H](CCl)CN3C(=O)c1cc2cc(CC(=O)c3cn(CCOCCOCCOCCN)nn3)ccc2[nH]1. The third kappa shape index (κ3) is 16.8. The second-order valence-electron chi connectivity index (χ2n) is 23.6. The van der Waals surface area contributed by atoms with E-state index in [0.717, 1.165) is 54.8 Å². The van der Waals surface area contributed by atoms with Crippen molar-refractivity contribution in [3.8, 4) is 23.0 Å². The van der Waals surface area contributed by atoms with Crippen molar-refractivity contribution in [1.82, 2.24) is 40.0 Å². The minimum atomic E-state index is -0.252. The Morgan fingerprint density at radius 3 is 1.32 bits per heavy atom. The molecule has 12 rings (SSSR count). The van der Waals surface area contributed by atoms with E-state index < -0.39 is 0 Å². The maximum Gasteiger partial charge on any atom is 0.274 e. The highest BCUT2D eigenvalue weighted by Crippen LogP contribution is 2.50. The Balaban J connectivity index is 0.000000200. The number of fused-ring (bicyclic) bond motifs is 8. The Bertz CT molecular complexity index is 4460. The number of anilines is 2. The summed E-state index contributed by atoms with van der Waals surface area (Å²) in [6.07, 6.45) is 3.47. The summed E-state index contributed by atoms with van der Waals surface area (Å²) in [5, 5.41) is 42.4. The fraction of sp³-hybridized carbons (Fsp3) is 0.380. The number of H-pyrrole nitrogens is 2. The van der Waals surface area contributed by atoms with Crippen molar-refractivity contribution < 1.29 is 72.0 Å². The molecule has 0 fully saturated rings. The summed E-state index contributed by atoms with van der Waals surface area (Å²) in [5.74, 6) is 0.772. The number of phenolic OH excluding ortho intramolecular Hbond substituents is 2. The zero-order valence-electron chi connectivity index (χ0n) is 55.2. The standard InChI is InChI=1S/C36H40ClN5O8.C35H39ClN6O7/c1-46-10-11-49-14-15-50-13-12-48-9-8-41-22-29(39-40-41)32(44)17-23-6-7-27-24(16-23)18-28(38-27)36(45)42-21-25(20-37)34-30(42)19-31(43)26-4-3-5-33(47-2)35(26)34;1-46-32-4-2-3-25-30(43)18-29-33(34(25)32)24(19-36)20-42(29)35(45)27-17-23-15-22(5-6-26(23)38-27)16-31(44)28-21-41(40-39-28)8-10-48-12-14-49-13-11-47-9-7-37/h3-7,16,18-19,22,25,38,43H,8-15,17,20-21H2,1-2H3;2-6,15,17-18,21,24,38,43H,7-14,16,19-20,37H2,1H3/t25-;24-/m11/s1. The number of rotatable bonds is 35. The predicted molar refractivity (Wildman–Crippen MR) is 373 cm³/mol. The predicted octanol–water partition coefficient (Wildman–Crippen LogP) is 8.77. The van der Waals surface area contributed by atoms with Crippen molar-refractivity contribution >= 4 is 101 Å². The van der Waals surface area contributed by atoms with Crippen molar-refractivity contribution in [1.29, 1.82) is 0 Å². The molecule has 99 heavy (non-hydrogen) atoms. The number of ether oxygens (including phenoxy) is 9. The summed E-state index contributed by atoms with van der Waals surface area (Å²) < 4.78 is 51.9. The molecule has 0 bridgehead atoms. The number of aromatic nitrogens is 8. The van der Waals surface area contributed by atoms with Crippen LogP contribution in [0.5, 0.6) is 23.0 Å². The number of nitrogens with one attached hydrogen (secondary N) is 2. The third-order valence-electron chi connectivity index (χ3n) is 17.1. The van der Waals surface area contributed by atoms with E-state index in [1.165, 1.54) is 0 Å². The molecule has 0 radical (unpaired) electrons. The van der Waals surface area contributed by atoms with Gasteiger partial charge in [-0.05, 0) is 70.8 Å². The Kier molecular flexibility index (Phi) is 24.6. The van der Waals surface area contributed by atoms with Crippen LogP contribution in [0.2, 0.25) is 0 Å². The van der Waals surface area contributed by atoms with Crippen LogP contribution in [0.25, 0.3) is 43.4 Å². The maximum atomic E-state index is 13.9. The summed E-state index contributed by atoms with van der Waals surface area (Å²) >= 11 is 12.8. The molecule has 4 aromatic heterocycles. The van der Waals surface area contributed by atoms with Crippen molar-refractivity contribution in [2.45, 2.75) is 37.8 Å². The van der Waals surface area contributed by atoms with Crippen LogP contribution in [0.3, 0.4) is 0 Å². The number of carbonyl (C=O) groups is 4.